The van der Waals surface area contributed by atoms with E-state index >= 15 is 0 Å². The molecule has 0 radical (unpaired) electrons. The van der Waals surface area contributed by atoms with E-state index in [9.17, 15) is 13.6 Å². The predicted octanol–water partition coefficient (Wildman–Crippen LogP) is 3.32. The summed E-state index contributed by atoms with van der Waals surface area (Å²) in [4.78, 5) is 14.2. The zero-order chi connectivity index (χ0) is 17.9. The van der Waals surface area contributed by atoms with Crippen LogP contribution in [0.4, 0.5) is 8.78 Å². The van der Waals surface area contributed by atoms with Gasteiger partial charge in [0.25, 0.3) is 0 Å². The molecule has 0 spiro atoms. The van der Waals surface area contributed by atoms with Gasteiger partial charge in [-0.25, -0.2) is 8.78 Å². The summed E-state index contributed by atoms with van der Waals surface area (Å²) in [6, 6.07) is 3.81. The summed E-state index contributed by atoms with van der Waals surface area (Å²) in [6.07, 6.45) is 0.587. The van der Waals surface area contributed by atoms with E-state index in [0.29, 0.717) is 31.8 Å². The zero-order valence-corrected chi connectivity index (χ0v) is 14.6. The van der Waals surface area contributed by atoms with E-state index in [0.717, 1.165) is 6.07 Å². The number of esters is 1. The fourth-order valence-corrected chi connectivity index (χ4v) is 2.94. The van der Waals surface area contributed by atoms with Gasteiger partial charge in [-0.3, -0.25) is 9.69 Å². The van der Waals surface area contributed by atoms with Crippen LogP contribution in [0.3, 0.4) is 0 Å². The Morgan fingerprint density at radius 2 is 2.00 bits per heavy atom. The minimum Gasteiger partial charge on any atom is -0.469 e. The van der Waals surface area contributed by atoms with E-state index in [-0.39, 0.29) is 23.4 Å². The van der Waals surface area contributed by atoms with Crippen molar-refractivity contribution in [1.82, 2.24) is 4.90 Å². The van der Waals surface area contributed by atoms with Crippen molar-refractivity contribution in [3.63, 3.8) is 0 Å². The number of hydrogen-bond acceptors (Lipinski definition) is 4. The lowest BCUT2D eigenvalue weighted by atomic mass is 9.80. The van der Waals surface area contributed by atoms with Crippen molar-refractivity contribution in [2.45, 2.75) is 38.7 Å². The van der Waals surface area contributed by atoms with Crippen molar-refractivity contribution >= 4 is 5.97 Å². The quantitative estimate of drug-likeness (QED) is 0.788. The molecule has 1 aromatic carbocycles. The molecule has 2 rings (SSSR count). The van der Waals surface area contributed by atoms with Gasteiger partial charge < -0.3 is 9.47 Å². The first kappa shape index (κ1) is 18.8. The maximum Gasteiger partial charge on any atom is 0.309 e. The molecule has 2 atom stereocenters. The van der Waals surface area contributed by atoms with Crippen molar-refractivity contribution in [3.05, 3.63) is 35.4 Å². The predicted molar refractivity (Wildman–Crippen MR) is 86.5 cm³/mol. The molecule has 1 aliphatic heterocycles. The molecule has 6 heteroatoms. The highest BCUT2D eigenvalue weighted by Gasteiger charge is 2.36. The number of carbonyl (C=O) groups excluding carboxylic acids is 1. The molecule has 0 saturated carbocycles. The molecule has 0 N–H and O–H groups in total. The first-order valence-electron chi connectivity index (χ1n) is 8.10. The Bertz CT molecular complexity index is 586. The average Bonchev–Trinajstić information content (AvgIpc) is 2.54. The van der Waals surface area contributed by atoms with Crippen LogP contribution in [0.2, 0.25) is 0 Å². The first-order chi connectivity index (χ1) is 11.2. The zero-order valence-electron chi connectivity index (χ0n) is 14.6. The molecule has 2 unspecified atom stereocenters. The number of ether oxygens (including phenoxy) is 2. The van der Waals surface area contributed by atoms with Gasteiger partial charge in [-0.15, -0.1) is 0 Å². The van der Waals surface area contributed by atoms with Crippen LogP contribution < -0.4 is 0 Å². The van der Waals surface area contributed by atoms with Gasteiger partial charge in [0.2, 0.25) is 0 Å². The lowest BCUT2D eigenvalue weighted by molar-refractivity contribution is -0.149. The van der Waals surface area contributed by atoms with Crippen molar-refractivity contribution in [3.8, 4) is 0 Å². The first-order valence-corrected chi connectivity index (χ1v) is 8.10. The Hall–Kier alpha value is -1.53. The maximum atomic E-state index is 13.6. The van der Waals surface area contributed by atoms with Crippen LogP contribution in [0.15, 0.2) is 18.2 Å². The van der Waals surface area contributed by atoms with Crippen LogP contribution in [0.1, 0.15) is 38.7 Å². The fraction of sp³-hybridized carbons (Fsp3) is 0.611. The van der Waals surface area contributed by atoms with Gasteiger partial charge in [0.05, 0.1) is 25.4 Å². The van der Waals surface area contributed by atoms with E-state index < -0.39 is 11.6 Å². The number of rotatable bonds is 4. The van der Waals surface area contributed by atoms with Gasteiger partial charge in [-0.05, 0) is 44.9 Å². The lowest BCUT2D eigenvalue weighted by Crippen LogP contribution is -2.44. The second-order valence-electron chi connectivity index (χ2n) is 7.16. The molecule has 0 amide bonds. The van der Waals surface area contributed by atoms with Gasteiger partial charge in [0.15, 0.2) is 11.6 Å². The fourth-order valence-electron chi connectivity index (χ4n) is 2.94. The van der Waals surface area contributed by atoms with Crippen LogP contribution >= 0.6 is 0 Å². The topological polar surface area (TPSA) is 38.8 Å². The Morgan fingerprint density at radius 3 is 2.58 bits per heavy atom. The van der Waals surface area contributed by atoms with E-state index in [1.54, 1.807) is 0 Å². The minimum atomic E-state index is -0.904. The van der Waals surface area contributed by atoms with Gasteiger partial charge >= 0.3 is 5.97 Å². The molecule has 0 aliphatic carbocycles. The Labute approximate surface area is 141 Å². The van der Waals surface area contributed by atoms with Gasteiger partial charge in [-0.2, -0.15) is 0 Å². The molecule has 0 bridgehead atoms. The Balaban J connectivity index is 2.19. The van der Waals surface area contributed by atoms with Crippen LogP contribution in [0, 0.1) is 17.6 Å². The number of carbonyl (C=O) groups is 1. The van der Waals surface area contributed by atoms with Gasteiger partial charge in [0, 0.05) is 19.0 Å². The third kappa shape index (κ3) is 4.74. The highest BCUT2D eigenvalue weighted by atomic mass is 19.2. The molecular formula is C18H25F2NO3. The molecule has 4 nitrogen and oxygen atoms in total. The van der Waals surface area contributed by atoms with Crippen LogP contribution in [0.5, 0.6) is 0 Å². The molecule has 1 aliphatic rings. The lowest BCUT2D eigenvalue weighted by Gasteiger charge is -2.38. The Morgan fingerprint density at radius 1 is 1.29 bits per heavy atom. The number of piperidine rings is 1. The number of hydrogen-bond donors (Lipinski definition) is 0. The van der Waals surface area contributed by atoms with Crippen molar-refractivity contribution in [2.24, 2.45) is 5.92 Å². The molecule has 1 fully saturated rings. The molecule has 1 aromatic rings. The van der Waals surface area contributed by atoms with Crippen LogP contribution in [-0.4, -0.2) is 43.4 Å². The summed E-state index contributed by atoms with van der Waals surface area (Å²) in [5, 5.41) is 0. The third-order valence-electron chi connectivity index (χ3n) is 4.25. The van der Waals surface area contributed by atoms with E-state index in [1.165, 1.54) is 19.2 Å². The highest BCUT2D eigenvalue weighted by Crippen LogP contribution is 2.34. The number of methoxy groups -OCH3 is 1. The molecular weight excluding hydrogens is 316 g/mol. The van der Waals surface area contributed by atoms with E-state index in [1.807, 2.05) is 20.8 Å². The molecule has 1 heterocycles. The Kier molecular flexibility index (Phi) is 5.93. The molecule has 134 valence electrons. The molecule has 0 aromatic heterocycles. The normalized spacial score (nSPS) is 22.4. The third-order valence-corrected chi connectivity index (χ3v) is 4.25. The SMILES string of the molecule is COC(=O)C1CCN(COC(C)(C)C)CC1c1ccc(F)c(F)c1. The number of halogens is 2. The second-order valence-corrected chi connectivity index (χ2v) is 7.16. The van der Waals surface area contributed by atoms with E-state index in [2.05, 4.69) is 4.90 Å². The number of likely N-dealkylation sites (tertiary alicyclic amines) is 1. The highest BCUT2D eigenvalue weighted by molar-refractivity contribution is 5.73. The summed E-state index contributed by atoms with van der Waals surface area (Å²) in [5.41, 5.74) is 0.334. The summed E-state index contributed by atoms with van der Waals surface area (Å²) in [6.45, 7) is 7.57. The summed E-state index contributed by atoms with van der Waals surface area (Å²) >= 11 is 0. The summed E-state index contributed by atoms with van der Waals surface area (Å²) in [5.74, 6) is -2.74. The van der Waals surface area contributed by atoms with Crippen molar-refractivity contribution < 1.29 is 23.0 Å². The monoisotopic (exact) mass is 341 g/mol. The smallest absolute Gasteiger partial charge is 0.309 e. The largest absolute Gasteiger partial charge is 0.469 e. The van der Waals surface area contributed by atoms with Gasteiger partial charge in [-0.1, -0.05) is 6.07 Å². The van der Waals surface area contributed by atoms with Gasteiger partial charge in [0.1, 0.15) is 0 Å². The summed E-state index contributed by atoms with van der Waals surface area (Å²) in [7, 11) is 1.35. The summed E-state index contributed by atoms with van der Waals surface area (Å²) < 4.78 is 37.5. The van der Waals surface area contributed by atoms with Crippen molar-refractivity contribution in [1.29, 1.82) is 0 Å². The van der Waals surface area contributed by atoms with E-state index in [4.69, 9.17) is 9.47 Å². The standard InChI is InChI=1S/C18H25F2NO3/c1-18(2,3)24-11-21-8-7-13(17(22)23-4)14(10-21)12-5-6-15(19)16(20)9-12/h5-6,9,13-14H,7-8,10-11H2,1-4H3. The molecule has 24 heavy (non-hydrogen) atoms. The number of benzene rings is 1. The second kappa shape index (κ2) is 7.57. The maximum absolute atomic E-state index is 13.6. The average molecular weight is 341 g/mol. The minimum absolute atomic E-state index is 0.259. The van der Waals surface area contributed by atoms with Crippen molar-refractivity contribution in [2.75, 3.05) is 26.9 Å². The van der Waals surface area contributed by atoms with Crippen LogP contribution in [0.25, 0.3) is 0 Å². The van der Waals surface area contributed by atoms with Crippen LogP contribution in [-0.2, 0) is 14.3 Å². The molecule has 1 saturated heterocycles. The number of nitrogens with zero attached hydrogens (tertiary/aromatic N) is 1.